The van der Waals surface area contributed by atoms with E-state index in [0.29, 0.717) is 0 Å². The molecule has 0 atom stereocenters. The molecule has 0 aliphatic carbocycles. The molecule has 10 heavy (non-hydrogen) atoms. The van der Waals surface area contributed by atoms with Gasteiger partial charge in [-0.25, -0.2) is 4.99 Å². The molecule has 0 amide bonds. The van der Waals surface area contributed by atoms with E-state index in [-0.39, 0.29) is 0 Å². The number of nitrogens with zero attached hydrogens (tertiary/aromatic N) is 1. The second-order valence-corrected chi connectivity index (χ2v) is 2.06. The zero-order valence-electron chi connectivity index (χ0n) is 6.80. The van der Waals surface area contributed by atoms with Gasteiger partial charge in [-0.15, -0.1) is 0 Å². The molecular formula is C9H15N. The normalized spacial score (nSPS) is 9.40. The summed E-state index contributed by atoms with van der Waals surface area (Å²) in [6, 6.07) is 0. The summed E-state index contributed by atoms with van der Waals surface area (Å²) >= 11 is 0. The van der Waals surface area contributed by atoms with E-state index in [0.717, 1.165) is 13.0 Å². The van der Waals surface area contributed by atoms with Crippen molar-refractivity contribution in [3.05, 3.63) is 18.2 Å². The highest BCUT2D eigenvalue weighted by Crippen LogP contribution is 1.84. The van der Waals surface area contributed by atoms with Gasteiger partial charge in [0.25, 0.3) is 0 Å². The minimum Gasteiger partial charge on any atom is -0.243 e. The van der Waals surface area contributed by atoms with Gasteiger partial charge < -0.3 is 0 Å². The predicted octanol–water partition coefficient (Wildman–Crippen LogP) is 2.59. The summed E-state index contributed by atoms with van der Waals surface area (Å²) in [6.45, 7) is 5.04. The lowest BCUT2D eigenvalue weighted by Gasteiger charge is -1.82. The molecule has 0 aromatic carbocycles. The lowest BCUT2D eigenvalue weighted by molar-refractivity contribution is 0.811. The van der Waals surface area contributed by atoms with Crippen LogP contribution in [0.1, 0.15) is 26.7 Å². The third kappa shape index (κ3) is 7.19. The van der Waals surface area contributed by atoms with Crippen molar-refractivity contribution in [3.63, 3.8) is 0 Å². The quantitative estimate of drug-likeness (QED) is 0.321. The first-order chi connectivity index (χ1) is 4.91. The molecule has 0 aromatic heterocycles. The van der Waals surface area contributed by atoms with Crippen molar-refractivity contribution in [3.8, 4) is 0 Å². The molecule has 0 N–H and O–H groups in total. The Labute approximate surface area is 63.2 Å². The Morgan fingerprint density at radius 2 is 2.30 bits per heavy atom. The van der Waals surface area contributed by atoms with Crippen LogP contribution in [-0.2, 0) is 0 Å². The van der Waals surface area contributed by atoms with E-state index >= 15 is 0 Å². The monoisotopic (exact) mass is 137 g/mol. The number of unbranched alkanes of at least 4 members (excludes halogenated alkanes) is 1. The smallest absolute Gasteiger partial charge is 0.0483 e. The zero-order valence-corrected chi connectivity index (χ0v) is 6.80. The van der Waals surface area contributed by atoms with Gasteiger partial charge in [0, 0.05) is 6.54 Å². The average molecular weight is 137 g/mol. The lowest BCUT2D eigenvalue weighted by atomic mass is 10.3. The van der Waals surface area contributed by atoms with Crippen molar-refractivity contribution >= 4 is 5.87 Å². The number of hydrogen-bond acceptors (Lipinski definition) is 1. The molecule has 0 bridgehead atoms. The third-order valence-electron chi connectivity index (χ3n) is 1.08. The molecule has 0 aliphatic rings. The zero-order chi connectivity index (χ0) is 7.66. The lowest BCUT2D eigenvalue weighted by Crippen LogP contribution is -1.75. The Kier molecular flexibility index (Phi) is 7.53. The highest BCUT2D eigenvalue weighted by Gasteiger charge is 1.74. The van der Waals surface area contributed by atoms with E-state index in [2.05, 4.69) is 17.8 Å². The summed E-state index contributed by atoms with van der Waals surface area (Å²) in [6.07, 6.45) is 8.08. The van der Waals surface area contributed by atoms with Gasteiger partial charge in [0.1, 0.15) is 0 Å². The topological polar surface area (TPSA) is 12.4 Å². The van der Waals surface area contributed by atoms with Crippen LogP contribution in [0.3, 0.4) is 0 Å². The van der Waals surface area contributed by atoms with Gasteiger partial charge >= 0.3 is 0 Å². The summed E-state index contributed by atoms with van der Waals surface area (Å²) < 4.78 is 0. The first-order valence-electron chi connectivity index (χ1n) is 3.78. The molecule has 56 valence electrons. The Morgan fingerprint density at radius 1 is 1.50 bits per heavy atom. The van der Waals surface area contributed by atoms with Crippen LogP contribution in [0.4, 0.5) is 0 Å². The van der Waals surface area contributed by atoms with Gasteiger partial charge in [-0.1, -0.05) is 25.5 Å². The molecule has 0 saturated heterocycles. The van der Waals surface area contributed by atoms with Gasteiger partial charge in [-0.2, -0.15) is 0 Å². The fourth-order valence-electron chi connectivity index (χ4n) is 0.494. The number of aliphatic imine (C=N–C) groups is 1. The molecule has 0 saturated carbocycles. The second-order valence-electron chi connectivity index (χ2n) is 2.06. The largest absolute Gasteiger partial charge is 0.243 e. The third-order valence-corrected chi connectivity index (χ3v) is 1.08. The van der Waals surface area contributed by atoms with Crippen LogP contribution in [0.25, 0.3) is 0 Å². The number of rotatable bonds is 4. The molecular weight excluding hydrogens is 122 g/mol. The van der Waals surface area contributed by atoms with Crippen molar-refractivity contribution in [2.75, 3.05) is 6.54 Å². The standard InChI is InChI=1S/C9H15N/c1-3-5-7-9-10-8-6-4-2/h3,5,7H,4,6,8H2,1-2H3. The van der Waals surface area contributed by atoms with Crippen molar-refractivity contribution < 1.29 is 0 Å². The van der Waals surface area contributed by atoms with Gasteiger partial charge in [-0.05, 0) is 25.3 Å². The molecule has 0 radical (unpaired) electrons. The van der Waals surface area contributed by atoms with Crippen LogP contribution in [-0.4, -0.2) is 12.4 Å². The summed E-state index contributed by atoms with van der Waals surface area (Å²) in [5.74, 6) is 2.83. The van der Waals surface area contributed by atoms with Crippen molar-refractivity contribution in [1.82, 2.24) is 0 Å². The fourth-order valence-corrected chi connectivity index (χ4v) is 0.494. The van der Waals surface area contributed by atoms with Gasteiger partial charge in [0.05, 0.1) is 0 Å². The van der Waals surface area contributed by atoms with E-state index < -0.39 is 0 Å². The van der Waals surface area contributed by atoms with Crippen LogP contribution < -0.4 is 0 Å². The summed E-state index contributed by atoms with van der Waals surface area (Å²) in [5.41, 5.74) is 0. The minimum atomic E-state index is 0.907. The van der Waals surface area contributed by atoms with Gasteiger partial charge in [0.15, 0.2) is 0 Å². The fraction of sp³-hybridized carbons (Fsp3) is 0.556. The van der Waals surface area contributed by atoms with E-state index in [1.54, 1.807) is 0 Å². The molecule has 1 heteroatoms. The molecule has 0 aliphatic heterocycles. The second kappa shape index (κ2) is 8.19. The molecule has 0 spiro atoms. The minimum absolute atomic E-state index is 0.907. The van der Waals surface area contributed by atoms with E-state index in [1.165, 1.54) is 6.42 Å². The van der Waals surface area contributed by atoms with E-state index in [4.69, 9.17) is 0 Å². The average Bonchev–Trinajstić information content (AvgIpc) is 1.97. The number of hydrogen-bond donors (Lipinski definition) is 0. The van der Waals surface area contributed by atoms with Crippen molar-refractivity contribution in [2.45, 2.75) is 26.7 Å². The predicted molar refractivity (Wildman–Crippen MR) is 46.6 cm³/mol. The Bertz CT molecular complexity index is 139. The van der Waals surface area contributed by atoms with Crippen LogP contribution in [0, 0.1) is 0 Å². The summed E-state index contributed by atoms with van der Waals surface area (Å²) in [4.78, 5) is 4.04. The maximum absolute atomic E-state index is 4.04. The van der Waals surface area contributed by atoms with Crippen LogP contribution in [0.15, 0.2) is 23.2 Å². The van der Waals surface area contributed by atoms with Crippen molar-refractivity contribution in [1.29, 1.82) is 0 Å². The Morgan fingerprint density at radius 3 is 2.90 bits per heavy atom. The summed E-state index contributed by atoms with van der Waals surface area (Å²) in [5, 5.41) is 0. The van der Waals surface area contributed by atoms with Crippen LogP contribution in [0.2, 0.25) is 0 Å². The Balaban J connectivity index is 3.34. The maximum atomic E-state index is 4.04. The van der Waals surface area contributed by atoms with Gasteiger partial charge in [-0.3, -0.25) is 0 Å². The van der Waals surface area contributed by atoms with Crippen LogP contribution >= 0.6 is 0 Å². The summed E-state index contributed by atoms with van der Waals surface area (Å²) in [7, 11) is 0. The molecule has 0 aromatic rings. The van der Waals surface area contributed by atoms with Crippen LogP contribution in [0.5, 0.6) is 0 Å². The van der Waals surface area contributed by atoms with Crippen molar-refractivity contribution in [2.24, 2.45) is 4.99 Å². The molecule has 1 nitrogen and oxygen atoms in total. The molecule has 0 unspecified atom stereocenters. The highest BCUT2D eigenvalue weighted by molar-refractivity contribution is 5.54. The number of allylic oxidation sites excluding steroid dienone is 3. The highest BCUT2D eigenvalue weighted by atomic mass is 14.7. The molecule has 0 rings (SSSR count). The SMILES string of the molecule is CC=CC=C=NCCCC. The van der Waals surface area contributed by atoms with E-state index in [1.807, 2.05) is 25.2 Å². The first-order valence-corrected chi connectivity index (χ1v) is 3.78. The molecule has 0 fully saturated rings. The van der Waals surface area contributed by atoms with E-state index in [9.17, 15) is 0 Å². The first kappa shape index (κ1) is 9.19. The maximum Gasteiger partial charge on any atom is 0.0483 e. The van der Waals surface area contributed by atoms with Gasteiger partial charge in [0.2, 0.25) is 0 Å². The Hall–Kier alpha value is -0.810. The molecule has 0 heterocycles.